The van der Waals surface area contributed by atoms with Gasteiger partial charge < -0.3 is 15.1 Å². The van der Waals surface area contributed by atoms with Crippen LogP contribution >= 0.6 is 0 Å². The van der Waals surface area contributed by atoms with Crippen molar-refractivity contribution in [2.75, 3.05) is 37.6 Å². The van der Waals surface area contributed by atoms with Crippen molar-refractivity contribution in [3.63, 3.8) is 0 Å². The number of carbonyl (C=O) groups excluding carboxylic acids is 2. The van der Waals surface area contributed by atoms with E-state index in [1.807, 2.05) is 29.2 Å². The second-order valence-electron chi connectivity index (χ2n) is 8.37. The summed E-state index contributed by atoms with van der Waals surface area (Å²) in [5.41, 5.74) is 4.59. The Kier molecular flexibility index (Phi) is 6.04. The van der Waals surface area contributed by atoms with Gasteiger partial charge in [0.25, 0.3) is 0 Å². The molecule has 0 aliphatic carbocycles. The van der Waals surface area contributed by atoms with Gasteiger partial charge in [0.1, 0.15) is 0 Å². The maximum Gasteiger partial charge on any atom is 0.317 e. The van der Waals surface area contributed by atoms with Gasteiger partial charge in [-0.15, -0.1) is 0 Å². The van der Waals surface area contributed by atoms with Crippen LogP contribution in [0.1, 0.15) is 23.1 Å². The van der Waals surface area contributed by atoms with Gasteiger partial charge in [-0.3, -0.25) is 9.69 Å². The first-order valence-corrected chi connectivity index (χ1v) is 10.7. The molecule has 0 aromatic heterocycles. The zero-order valence-electron chi connectivity index (χ0n) is 17.8. The van der Waals surface area contributed by atoms with Gasteiger partial charge in [-0.1, -0.05) is 36.4 Å². The summed E-state index contributed by atoms with van der Waals surface area (Å²) < 4.78 is 0. The summed E-state index contributed by atoms with van der Waals surface area (Å²) in [6, 6.07) is 16.3. The van der Waals surface area contributed by atoms with E-state index in [-0.39, 0.29) is 18.0 Å². The van der Waals surface area contributed by atoms with Crippen LogP contribution in [0.15, 0.2) is 48.5 Å². The van der Waals surface area contributed by atoms with Gasteiger partial charge >= 0.3 is 6.03 Å². The van der Waals surface area contributed by atoms with Crippen LogP contribution in [-0.4, -0.2) is 60.5 Å². The minimum Gasteiger partial charge on any atom is -0.333 e. The Morgan fingerprint density at radius 3 is 2.43 bits per heavy atom. The molecular formula is C24H30N4O2. The normalized spacial score (nSPS) is 19.9. The first-order valence-electron chi connectivity index (χ1n) is 10.7. The maximum atomic E-state index is 12.7. The Hall–Kier alpha value is -2.86. The summed E-state index contributed by atoms with van der Waals surface area (Å²) >= 11 is 0. The van der Waals surface area contributed by atoms with Crippen molar-refractivity contribution in [3.05, 3.63) is 65.2 Å². The van der Waals surface area contributed by atoms with E-state index in [4.69, 9.17) is 0 Å². The minimum atomic E-state index is -0.144. The van der Waals surface area contributed by atoms with Gasteiger partial charge in [-0.05, 0) is 42.7 Å². The van der Waals surface area contributed by atoms with E-state index in [1.165, 1.54) is 16.7 Å². The topological polar surface area (TPSA) is 55.9 Å². The lowest BCUT2D eigenvalue weighted by atomic mass is 10.1. The summed E-state index contributed by atoms with van der Waals surface area (Å²) in [5.74, 6) is 0.0660. The highest BCUT2D eigenvalue weighted by molar-refractivity contribution is 5.97. The zero-order valence-corrected chi connectivity index (χ0v) is 17.8. The molecule has 0 bridgehead atoms. The lowest BCUT2D eigenvalue weighted by molar-refractivity contribution is -0.117. The summed E-state index contributed by atoms with van der Waals surface area (Å²) in [5, 5.41) is 3.08. The molecule has 1 N–H and O–H groups in total. The molecule has 2 aliphatic rings. The highest BCUT2D eigenvalue weighted by atomic mass is 16.2. The number of hydrogen-bond acceptors (Lipinski definition) is 3. The molecule has 2 saturated heterocycles. The lowest BCUT2D eigenvalue weighted by Crippen LogP contribution is -2.53. The number of amides is 3. The number of rotatable bonds is 4. The third-order valence-electron chi connectivity index (χ3n) is 6.16. The summed E-state index contributed by atoms with van der Waals surface area (Å²) in [7, 11) is 0. The molecule has 2 aromatic rings. The Labute approximate surface area is 178 Å². The molecule has 0 spiro atoms. The Morgan fingerprint density at radius 1 is 1.00 bits per heavy atom. The number of anilines is 1. The van der Waals surface area contributed by atoms with Crippen LogP contribution in [-0.2, 0) is 11.3 Å². The molecule has 2 fully saturated rings. The quantitative estimate of drug-likeness (QED) is 0.849. The Bertz CT molecular complexity index is 907. The largest absolute Gasteiger partial charge is 0.333 e. The fraction of sp³-hybridized carbons (Fsp3) is 0.417. The predicted octanol–water partition coefficient (Wildman–Crippen LogP) is 2.94. The van der Waals surface area contributed by atoms with E-state index in [0.717, 1.165) is 25.3 Å². The van der Waals surface area contributed by atoms with Crippen LogP contribution in [0.4, 0.5) is 10.5 Å². The van der Waals surface area contributed by atoms with Crippen LogP contribution in [0.3, 0.4) is 0 Å². The zero-order chi connectivity index (χ0) is 21.1. The summed E-state index contributed by atoms with van der Waals surface area (Å²) in [6.07, 6.45) is 0.354. The van der Waals surface area contributed by atoms with E-state index in [1.54, 1.807) is 4.90 Å². The smallest absolute Gasteiger partial charge is 0.317 e. The molecule has 0 radical (unpaired) electrons. The Balaban J connectivity index is 1.27. The predicted molar refractivity (Wildman–Crippen MR) is 118 cm³/mol. The third kappa shape index (κ3) is 4.65. The van der Waals surface area contributed by atoms with Crippen molar-refractivity contribution in [2.24, 2.45) is 0 Å². The fourth-order valence-electron chi connectivity index (χ4n) is 4.16. The molecule has 6 nitrogen and oxygen atoms in total. The molecule has 6 heteroatoms. The monoisotopic (exact) mass is 406 g/mol. The minimum absolute atomic E-state index is 0.0610. The highest BCUT2D eigenvalue weighted by Gasteiger charge is 2.33. The van der Waals surface area contributed by atoms with E-state index in [2.05, 4.69) is 48.3 Å². The van der Waals surface area contributed by atoms with Crippen LogP contribution in [0.2, 0.25) is 0 Å². The van der Waals surface area contributed by atoms with Crippen LogP contribution in [0.25, 0.3) is 0 Å². The second-order valence-corrected chi connectivity index (χ2v) is 8.37. The van der Waals surface area contributed by atoms with Gasteiger partial charge in [0.05, 0.1) is 6.04 Å². The van der Waals surface area contributed by atoms with Gasteiger partial charge in [-0.25, -0.2) is 4.79 Å². The van der Waals surface area contributed by atoms with E-state index < -0.39 is 0 Å². The number of aryl methyl sites for hydroxylation is 2. The van der Waals surface area contributed by atoms with Crippen molar-refractivity contribution in [3.8, 4) is 0 Å². The Morgan fingerprint density at radius 2 is 1.73 bits per heavy atom. The average Bonchev–Trinajstić information content (AvgIpc) is 3.11. The standard InChI is InChI=1S/C24H30N4O2/c1-18-8-9-22(14-19(18)2)28-17-21(15-23(28)29)25-24(30)27-12-10-26(11-13-27)16-20-6-4-3-5-7-20/h3-9,14,21H,10-13,15-17H2,1-2H3,(H,25,30)/t21-/m0/s1. The van der Waals surface area contributed by atoms with Crippen molar-refractivity contribution in [1.29, 1.82) is 0 Å². The molecule has 2 aromatic carbocycles. The fourth-order valence-corrected chi connectivity index (χ4v) is 4.16. The lowest BCUT2D eigenvalue weighted by Gasteiger charge is -2.35. The molecule has 4 rings (SSSR count). The third-order valence-corrected chi connectivity index (χ3v) is 6.16. The molecular weight excluding hydrogens is 376 g/mol. The SMILES string of the molecule is Cc1ccc(N2C[C@@H](NC(=O)N3CCN(Cc4ccccc4)CC3)CC2=O)cc1C. The van der Waals surface area contributed by atoms with Gasteiger partial charge in [0.2, 0.25) is 5.91 Å². The van der Waals surface area contributed by atoms with Crippen LogP contribution in [0, 0.1) is 13.8 Å². The summed E-state index contributed by atoms with van der Waals surface area (Å²) in [6.45, 7) is 8.70. The first-order chi connectivity index (χ1) is 14.5. The van der Waals surface area contributed by atoms with Gasteiger partial charge in [-0.2, -0.15) is 0 Å². The number of benzene rings is 2. The average molecular weight is 407 g/mol. The molecule has 0 unspecified atom stereocenters. The highest BCUT2D eigenvalue weighted by Crippen LogP contribution is 2.24. The summed E-state index contributed by atoms with van der Waals surface area (Å²) in [4.78, 5) is 31.3. The van der Waals surface area contributed by atoms with Crippen molar-refractivity contribution in [2.45, 2.75) is 32.9 Å². The molecule has 158 valence electrons. The van der Waals surface area contributed by atoms with Crippen molar-refractivity contribution >= 4 is 17.6 Å². The first kappa shape index (κ1) is 20.4. The number of hydrogen-bond donors (Lipinski definition) is 1. The van der Waals surface area contributed by atoms with Crippen molar-refractivity contribution in [1.82, 2.24) is 15.1 Å². The molecule has 2 aliphatic heterocycles. The number of carbonyl (C=O) groups is 2. The van der Waals surface area contributed by atoms with E-state index >= 15 is 0 Å². The molecule has 30 heavy (non-hydrogen) atoms. The van der Waals surface area contributed by atoms with Gasteiger partial charge in [0.15, 0.2) is 0 Å². The second kappa shape index (κ2) is 8.88. The van der Waals surface area contributed by atoms with E-state index in [9.17, 15) is 9.59 Å². The van der Waals surface area contributed by atoms with E-state index in [0.29, 0.717) is 26.1 Å². The molecule has 1 atom stereocenters. The number of urea groups is 1. The number of nitrogens with one attached hydrogen (secondary N) is 1. The molecule has 2 heterocycles. The maximum absolute atomic E-state index is 12.7. The van der Waals surface area contributed by atoms with Crippen molar-refractivity contribution < 1.29 is 9.59 Å². The van der Waals surface area contributed by atoms with Gasteiger partial charge in [0, 0.05) is 51.4 Å². The number of piperazine rings is 1. The molecule has 3 amide bonds. The van der Waals surface area contributed by atoms with Crippen LogP contribution < -0.4 is 10.2 Å². The molecule has 0 saturated carbocycles. The number of nitrogens with zero attached hydrogens (tertiary/aromatic N) is 3. The van der Waals surface area contributed by atoms with Crippen LogP contribution in [0.5, 0.6) is 0 Å².